The van der Waals surface area contributed by atoms with E-state index in [9.17, 15) is 0 Å². The average Bonchev–Trinajstić information content (AvgIpc) is 2.52. The number of hydrogen-bond donors (Lipinski definition) is 2. The topological polar surface area (TPSA) is 24.1 Å². The molecule has 0 unspecified atom stereocenters. The van der Waals surface area contributed by atoms with Crippen molar-refractivity contribution in [3.05, 3.63) is 59.2 Å². The van der Waals surface area contributed by atoms with E-state index >= 15 is 0 Å². The highest BCUT2D eigenvalue weighted by molar-refractivity contribution is 5.63. The lowest BCUT2D eigenvalue weighted by molar-refractivity contribution is 0.836. The van der Waals surface area contributed by atoms with Crippen LogP contribution in [0, 0.1) is 0 Å². The average molecular weight is 310 g/mol. The molecule has 0 aromatic heterocycles. The zero-order valence-corrected chi connectivity index (χ0v) is 15.3. The Balaban J connectivity index is 2.22. The van der Waals surface area contributed by atoms with Crippen LogP contribution >= 0.6 is 0 Å². The van der Waals surface area contributed by atoms with Gasteiger partial charge in [-0.2, -0.15) is 0 Å². The van der Waals surface area contributed by atoms with E-state index in [2.05, 4.69) is 94.9 Å². The van der Waals surface area contributed by atoms with E-state index < -0.39 is 0 Å². The minimum atomic E-state index is 0.487. The third-order valence-corrected chi connectivity index (χ3v) is 4.28. The minimum absolute atomic E-state index is 0.487. The van der Waals surface area contributed by atoms with Crippen LogP contribution in [0.15, 0.2) is 42.5 Å². The molecule has 0 aliphatic carbocycles. The molecule has 0 saturated heterocycles. The van der Waals surface area contributed by atoms with Crippen molar-refractivity contribution in [2.45, 2.75) is 59.3 Å². The maximum atomic E-state index is 3.46. The number of para-hydroxylation sites is 1. The Hall–Kier alpha value is -1.96. The summed E-state index contributed by atoms with van der Waals surface area (Å²) < 4.78 is 0. The van der Waals surface area contributed by atoms with E-state index in [0.717, 1.165) is 5.69 Å². The molecule has 0 radical (unpaired) electrons. The van der Waals surface area contributed by atoms with Gasteiger partial charge in [0.2, 0.25) is 0 Å². The molecule has 2 N–H and O–H groups in total. The fraction of sp³-hybridized carbons (Fsp3) is 0.429. The summed E-state index contributed by atoms with van der Waals surface area (Å²) in [5.41, 5.74) is 13.2. The Labute approximate surface area is 141 Å². The van der Waals surface area contributed by atoms with Gasteiger partial charge in [-0.1, -0.05) is 71.9 Å². The molecule has 2 heteroatoms. The summed E-state index contributed by atoms with van der Waals surface area (Å²) in [4.78, 5) is 0. The third-order valence-electron chi connectivity index (χ3n) is 4.28. The van der Waals surface area contributed by atoms with Crippen LogP contribution in [0.2, 0.25) is 0 Å². The standard InChI is InChI=1S/C21H30N2/c1-14(2)17-10-12-18(13-11-17)22-23-21-19(15(3)4)8-7-9-20(21)16(5)6/h7-16,22-23H,1-6H3. The zero-order valence-electron chi connectivity index (χ0n) is 15.3. The highest BCUT2D eigenvalue weighted by atomic mass is 15.4. The van der Waals surface area contributed by atoms with E-state index in [1.54, 1.807) is 0 Å². The first-order valence-corrected chi connectivity index (χ1v) is 8.65. The van der Waals surface area contributed by atoms with Gasteiger partial charge in [-0.15, -0.1) is 0 Å². The molecule has 0 amide bonds. The first-order valence-electron chi connectivity index (χ1n) is 8.65. The molecule has 0 fully saturated rings. The highest BCUT2D eigenvalue weighted by Gasteiger charge is 2.13. The van der Waals surface area contributed by atoms with Gasteiger partial charge in [0.15, 0.2) is 0 Å². The van der Waals surface area contributed by atoms with Gasteiger partial charge in [-0.25, -0.2) is 0 Å². The summed E-state index contributed by atoms with van der Waals surface area (Å²) >= 11 is 0. The lowest BCUT2D eigenvalue weighted by Gasteiger charge is -2.21. The Bertz CT molecular complexity index is 599. The van der Waals surface area contributed by atoms with Gasteiger partial charge in [0.25, 0.3) is 0 Å². The van der Waals surface area contributed by atoms with Gasteiger partial charge in [0.05, 0.1) is 11.4 Å². The fourth-order valence-corrected chi connectivity index (χ4v) is 2.78. The van der Waals surface area contributed by atoms with E-state index in [1.807, 2.05) is 0 Å². The highest BCUT2D eigenvalue weighted by Crippen LogP contribution is 2.32. The molecule has 2 aromatic rings. The van der Waals surface area contributed by atoms with Crippen molar-refractivity contribution in [2.24, 2.45) is 0 Å². The Kier molecular flexibility index (Phi) is 5.70. The van der Waals surface area contributed by atoms with Crippen LogP contribution in [0.3, 0.4) is 0 Å². The van der Waals surface area contributed by atoms with Crippen molar-refractivity contribution in [1.29, 1.82) is 0 Å². The lowest BCUT2D eigenvalue weighted by Crippen LogP contribution is -2.13. The SMILES string of the molecule is CC(C)c1ccc(NNc2c(C(C)C)cccc2C(C)C)cc1. The van der Waals surface area contributed by atoms with E-state index in [0.29, 0.717) is 17.8 Å². The molecule has 124 valence electrons. The molecular formula is C21H30N2. The van der Waals surface area contributed by atoms with Gasteiger partial charge < -0.3 is 10.9 Å². The van der Waals surface area contributed by atoms with E-state index in [-0.39, 0.29) is 0 Å². The van der Waals surface area contributed by atoms with Gasteiger partial charge in [0.1, 0.15) is 0 Å². The monoisotopic (exact) mass is 310 g/mol. The second kappa shape index (κ2) is 7.54. The zero-order chi connectivity index (χ0) is 17.0. The van der Waals surface area contributed by atoms with E-state index in [1.165, 1.54) is 22.4 Å². The second-order valence-corrected chi connectivity index (χ2v) is 7.15. The fourth-order valence-electron chi connectivity index (χ4n) is 2.78. The summed E-state index contributed by atoms with van der Waals surface area (Å²) in [6, 6.07) is 15.2. The molecule has 0 aliphatic rings. The quantitative estimate of drug-likeness (QED) is 0.595. The van der Waals surface area contributed by atoms with Crippen molar-refractivity contribution in [3.8, 4) is 0 Å². The predicted octanol–water partition coefficient (Wildman–Crippen LogP) is 6.50. The van der Waals surface area contributed by atoms with Gasteiger partial charge in [-0.05, 0) is 46.6 Å². The summed E-state index contributed by atoms with van der Waals surface area (Å²) in [7, 11) is 0. The smallest absolute Gasteiger partial charge is 0.0609 e. The Morgan fingerprint density at radius 2 is 1.13 bits per heavy atom. The van der Waals surface area contributed by atoms with Crippen LogP contribution in [0.4, 0.5) is 11.4 Å². The minimum Gasteiger partial charge on any atom is -0.301 e. The van der Waals surface area contributed by atoms with Crippen molar-refractivity contribution in [1.82, 2.24) is 0 Å². The molecule has 2 nitrogen and oxygen atoms in total. The third kappa shape index (κ3) is 4.28. The van der Waals surface area contributed by atoms with Crippen LogP contribution in [-0.2, 0) is 0 Å². The van der Waals surface area contributed by atoms with Crippen LogP contribution in [0.1, 0.15) is 76.0 Å². The number of benzene rings is 2. The van der Waals surface area contributed by atoms with Gasteiger partial charge in [-0.3, -0.25) is 0 Å². The summed E-state index contributed by atoms with van der Waals surface area (Å²) in [5.74, 6) is 1.54. The summed E-state index contributed by atoms with van der Waals surface area (Å²) in [6.45, 7) is 13.4. The van der Waals surface area contributed by atoms with Crippen LogP contribution in [-0.4, -0.2) is 0 Å². The van der Waals surface area contributed by atoms with Crippen molar-refractivity contribution >= 4 is 11.4 Å². The predicted molar refractivity (Wildman–Crippen MR) is 102 cm³/mol. The molecule has 0 saturated carbocycles. The van der Waals surface area contributed by atoms with Crippen molar-refractivity contribution in [2.75, 3.05) is 10.9 Å². The summed E-state index contributed by atoms with van der Waals surface area (Å²) in [5, 5.41) is 0. The molecule has 2 rings (SSSR count). The van der Waals surface area contributed by atoms with Crippen LogP contribution in [0.25, 0.3) is 0 Å². The largest absolute Gasteiger partial charge is 0.301 e. The second-order valence-electron chi connectivity index (χ2n) is 7.15. The lowest BCUT2D eigenvalue weighted by atomic mass is 9.93. The van der Waals surface area contributed by atoms with Gasteiger partial charge >= 0.3 is 0 Å². The molecule has 0 atom stereocenters. The molecular weight excluding hydrogens is 280 g/mol. The maximum Gasteiger partial charge on any atom is 0.0609 e. The normalized spacial score (nSPS) is 11.3. The van der Waals surface area contributed by atoms with Crippen LogP contribution < -0.4 is 10.9 Å². The van der Waals surface area contributed by atoms with Crippen molar-refractivity contribution < 1.29 is 0 Å². The van der Waals surface area contributed by atoms with Gasteiger partial charge in [0, 0.05) is 0 Å². The molecule has 0 bridgehead atoms. The number of anilines is 2. The first-order chi connectivity index (χ1) is 10.9. The van der Waals surface area contributed by atoms with Crippen LogP contribution in [0.5, 0.6) is 0 Å². The number of rotatable bonds is 6. The number of nitrogens with one attached hydrogen (secondary N) is 2. The molecule has 2 aromatic carbocycles. The maximum absolute atomic E-state index is 3.46. The number of hydrazine groups is 1. The van der Waals surface area contributed by atoms with Crippen molar-refractivity contribution in [3.63, 3.8) is 0 Å². The molecule has 0 spiro atoms. The van der Waals surface area contributed by atoms with E-state index in [4.69, 9.17) is 0 Å². The summed E-state index contributed by atoms with van der Waals surface area (Å²) in [6.07, 6.45) is 0. The molecule has 0 aliphatic heterocycles. The Morgan fingerprint density at radius 3 is 1.57 bits per heavy atom. The molecule has 23 heavy (non-hydrogen) atoms. The molecule has 0 heterocycles. The Morgan fingerprint density at radius 1 is 0.609 bits per heavy atom. The number of hydrogen-bond acceptors (Lipinski definition) is 2. The first kappa shape index (κ1) is 17.4.